The number of alkyl carbamates (subject to hydrolysis) is 1. The summed E-state index contributed by atoms with van der Waals surface area (Å²) in [5.74, 6) is 0.605. The van der Waals surface area contributed by atoms with Crippen LogP contribution in [0.2, 0.25) is 0 Å². The van der Waals surface area contributed by atoms with Gasteiger partial charge in [0.2, 0.25) is 0 Å². The molecule has 1 amide bonds. The number of carbonyl (C=O) groups excluding carboxylic acids is 1. The molecule has 1 saturated heterocycles. The van der Waals surface area contributed by atoms with Crippen LogP contribution in [0.25, 0.3) is 0 Å². The molecule has 2 fully saturated rings. The van der Waals surface area contributed by atoms with Crippen molar-refractivity contribution in [2.24, 2.45) is 5.92 Å². The van der Waals surface area contributed by atoms with Crippen LogP contribution in [-0.2, 0) is 4.74 Å². The van der Waals surface area contributed by atoms with Crippen LogP contribution in [0.1, 0.15) is 60.3 Å². The quantitative estimate of drug-likeness (QED) is 0.756. The van der Waals surface area contributed by atoms with E-state index in [-0.39, 0.29) is 6.09 Å². The Morgan fingerprint density at radius 1 is 1.26 bits per heavy atom. The molecule has 0 bridgehead atoms. The summed E-state index contributed by atoms with van der Waals surface area (Å²) < 4.78 is 5.33. The largest absolute Gasteiger partial charge is 0.444 e. The van der Waals surface area contributed by atoms with Crippen molar-refractivity contribution in [2.45, 2.75) is 84.0 Å². The molecule has 2 rings (SSSR count). The number of rotatable bonds is 7. The average Bonchev–Trinajstić information content (AvgIpc) is 3.14. The third-order valence-corrected chi connectivity index (χ3v) is 4.40. The number of hydrogen-bond acceptors (Lipinski definition) is 4. The van der Waals surface area contributed by atoms with Crippen molar-refractivity contribution in [1.82, 2.24) is 15.5 Å². The Balaban J connectivity index is 1.76. The minimum absolute atomic E-state index is 0.312. The summed E-state index contributed by atoms with van der Waals surface area (Å²) >= 11 is 0. The lowest BCUT2D eigenvalue weighted by Crippen LogP contribution is -2.47. The summed E-state index contributed by atoms with van der Waals surface area (Å²) in [5, 5.41) is 6.69. The van der Waals surface area contributed by atoms with Crippen molar-refractivity contribution < 1.29 is 9.53 Å². The molecule has 23 heavy (non-hydrogen) atoms. The van der Waals surface area contributed by atoms with Crippen molar-refractivity contribution in [2.75, 3.05) is 19.6 Å². The lowest BCUT2D eigenvalue weighted by molar-refractivity contribution is 0.0520. The molecule has 134 valence electrons. The van der Waals surface area contributed by atoms with Crippen LogP contribution in [0, 0.1) is 5.92 Å². The zero-order valence-electron chi connectivity index (χ0n) is 15.5. The van der Waals surface area contributed by atoms with Gasteiger partial charge in [0.05, 0.1) is 0 Å². The molecular formula is C18H35N3O2. The molecule has 1 heterocycles. The van der Waals surface area contributed by atoms with E-state index in [1.165, 1.54) is 25.8 Å². The zero-order chi connectivity index (χ0) is 17.0. The first kappa shape index (κ1) is 18.5. The minimum Gasteiger partial charge on any atom is -0.444 e. The van der Waals surface area contributed by atoms with Crippen LogP contribution in [0.15, 0.2) is 0 Å². The highest BCUT2D eigenvalue weighted by Gasteiger charge is 2.35. The third kappa shape index (κ3) is 7.08. The Hall–Kier alpha value is -0.810. The Morgan fingerprint density at radius 2 is 1.96 bits per heavy atom. The molecule has 0 radical (unpaired) electrons. The van der Waals surface area contributed by atoms with E-state index in [2.05, 4.69) is 29.4 Å². The maximum absolute atomic E-state index is 11.9. The summed E-state index contributed by atoms with van der Waals surface area (Å²) in [6.45, 7) is 13.1. The summed E-state index contributed by atoms with van der Waals surface area (Å²) in [5.41, 5.74) is -0.443. The van der Waals surface area contributed by atoms with E-state index in [4.69, 9.17) is 4.74 Å². The monoisotopic (exact) mass is 325 g/mol. The second-order valence-electron chi connectivity index (χ2n) is 8.59. The van der Waals surface area contributed by atoms with Crippen molar-refractivity contribution >= 4 is 6.09 Å². The van der Waals surface area contributed by atoms with E-state index >= 15 is 0 Å². The summed E-state index contributed by atoms with van der Waals surface area (Å²) in [6.07, 6.45) is 4.72. The lowest BCUT2D eigenvalue weighted by atomic mass is 10.0. The van der Waals surface area contributed by atoms with Gasteiger partial charge in [-0.3, -0.25) is 4.90 Å². The maximum atomic E-state index is 11.9. The van der Waals surface area contributed by atoms with Gasteiger partial charge >= 0.3 is 6.09 Å². The predicted molar refractivity (Wildman–Crippen MR) is 93.6 cm³/mol. The highest BCUT2D eigenvalue weighted by molar-refractivity contribution is 5.67. The zero-order valence-corrected chi connectivity index (χ0v) is 15.5. The fourth-order valence-electron chi connectivity index (χ4n) is 3.33. The number of ether oxygens (including phenoxy) is 1. The fraction of sp³-hybridized carbons (Fsp3) is 0.944. The maximum Gasteiger partial charge on any atom is 0.407 e. The molecule has 2 aliphatic rings. The van der Waals surface area contributed by atoms with Gasteiger partial charge in [-0.05, 0) is 52.4 Å². The smallest absolute Gasteiger partial charge is 0.407 e. The van der Waals surface area contributed by atoms with Gasteiger partial charge in [-0.1, -0.05) is 13.8 Å². The van der Waals surface area contributed by atoms with Gasteiger partial charge in [-0.25, -0.2) is 4.79 Å². The first-order valence-electron chi connectivity index (χ1n) is 9.20. The Morgan fingerprint density at radius 3 is 2.52 bits per heavy atom. The molecule has 2 atom stereocenters. The Bertz CT molecular complexity index is 388. The molecule has 1 aliphatic heterocycles. The van der Waals surface area contributed by atoms with E-state index < -0.39 is 5.60 Å². The second-order valence-corrected chi connectivity index (χ2v) is 8.59. The standard InChI is InChI=1S/C18H35N3O2/c1-13(2)10-15(11-19-17(22)23-18(3,4)5)20-14-8-9-21(12-14)16-6-7-16/h13-16,20H,6-12H2,1-5H3,(H,19,22). The average molecular weight is 325 g/mol. The molecule has 2 unspecified atom stereocenters. The van der Waals surface area contributed by atoms with Crippen LogP contribution in [0.5, 0.6) is 0 Å². The number of hydrogen-bond donors (Lipinski definition) is 2. The Labute approximate surface area is 141 Å². The van der Waals surface area contributed by atoms with Gasteiger partial charge in [-0.15, -0.1) is 0 Å². The highest BCUT2D eigenvalue weighted by Crippen LogP contribution is 2.30. The van der Waals surface area contributed by atoms with E-state index in [1.807, 2.05) is 20.8 Å². The molecule has 0 aromatic carbocycles. The second kappa shape index (κ2) is 7.84. The summed E-state index contributed by atoms with van der Waals surface area (Å²) in [7, 11) is 0. The highest BCUT2D eigenvalue weighted by atomic mass is 16.6. The van der Waals surface area contributed by atoms with Crippen molar-refractivity contribution in [1.29, 1.82) is 0 Å². The lowest BCUT2D eigenvalue weighted by Gasteiger charge is -2.26. The van der Waals surface area contributed by atoms with Crippen molar-refractivity contribution in [3.63, 3.8) is 0 Å². The molecule has 2 N–H and O–H groups in total. The van der Waals surface area contributed by atoms with Crippen LogP contribution in [0.3, 0.4) is 0 Å². The van der Waals surface area contributed by atoms with E-state index in [9.17, 15) is 4.79 Å². The summed E-state index contributed by atoms with van der Waals surface area (Å²) in [6, 6.07) is 1.72. The normalized spacial score (nSPS) is 24.0. The van der Waals surface area contributed by atoms with Gasteiger partial charge in [0.1, 0.15) is 5.60 Å². The predicted octanol–water partition coefficient (Wildman–Crippen LogP) is 2.75. The van der Waals surface area contributed by atoms with Crippen LogP contribution >= 0.6 is 0 Å². The van der Waals surface area contributed by atoms with Gasteiger partial charge in [-0.2, -0.15) is 0 Å². The summed E-state index contributed by atoms with van der Waals surface area (Å²) in [4.78, 5) is 14.5. The minimum atomic E-state index is -0.443. The van der Waals surface area contributed by atoms with Crippen LogP contribution in [0.4, 0.5) is 4.79 Å². The van der Waals surface area contributed by atoms with E-state index in [0.717, 1.165) is 19.0 Å². The molecule has 5 heteroatoms. The van der Waals surface area contributed by atoms with Gasteiger partial charge < -0.3 is 15.4 Å². The number of likely N-dealkylation sites (tertiary alicyclic amines) is 1. The van der Waals surface area contributed by atoms with Crippen LogP contribution in [-0.4, -0.2) is 54.4 Å². The van der Waals surface area contributed by atoms with Crippen LogP contribution < -0.4 is 10.6 Å². The first-order valence-corrected chi connectivity index (χ1v) is 9.20. The number of nitrogens with zero attached hydrogens (tertiary/aromatic N) is 1. The van der Waals surface area contributed by atoms with Gasteiger partial charge in [0.15, 0.2) is 0 Å². The molecule has 5 nitrogen and oxygen atoms in total. The first-order chi connectivity index (χ1) is 10.7. The number of carbonyl (C=O) groups is 1. The SMILES string of the molecule is CC(C)CC(CNC(=O)OC(C)(C)C)NC1CCN(C2CC2)C1. The van der Waals surface area contributed by atoms with E-state index in [1.54, 1.807) is 0 Å². The number of amides is 1. The molecule has 0 spiro atoms. The fourth-order valence-corrected chi connectivity index (χ4v) is 3.33. The van der Waals surface area contributed by atoms with Gasteiger partial charge in [0, 0.05) is 37.8 Å². The topological polar surface area (TPSA) is 53.6 Å². The molecule has 0 aromatic rings. The van der Waals surface area contributed by atoms with E-state index in [0.29, 0.717) is 24.5 Å². The molecule has 1 aliphatic carbocycles. The number of nitrogens with one attached hydrogen (secondary N) is 2. The van der Waals surface area contributed by atoms with Crippen molar-refractivity contribution in [3.8, 4) is 0 Å². The third-order valence-electron chi connectivity index (χ3n) is 4.40. The Kier molecular flexibility index (Phi) is 6.32. The molecule has 0 aromatic heterocycles. The van der Waals surface area contributed by atoms with Crippen molar-refractivity contribution in [3.05, 3.63) is 0 Å². The molecule has 1 saturated carbocycles. The van der Waals surface area contributed by atoms with Gasteiger partial charge in [0.25, 0.3) is 0 Å². The molecular weight excluding hydrogens is 290 g/mol.